The molecule has 12 heteroatoms. The van der Waals surface area contributed by atoms with Crippen molar-refractivity contribution in [2.24, 2.45) is 0 Å². The summed E-state index contributed by atoms with van der Waals surface area (Å²) in [6.45, 7) is 3.69. The molecule has 0 bridgehead atoms. The fraction of sp³-hybridized carbons (Fsp3) is 0.261. The zero-order valence-electron chi connectivity index (χ0n) is 18.9. The summed E-state index contributed by atoms with van der Waals surface area (Å²) in [4.78, 5) is 21.1. The molecule has 0 spiro atoms. The third-order valence-electron chi connectivity index (χ3n) is 5.45. The van der Waals surface area contributed by atoms with Gasteiger partial charge >= 0.3 is 0 Å². The average Bonchev–Trinajstić information content (AvgIpc) is 3.35. The first kappa shape index (κ1) is 25.3. The van der Waals surface area contributed by atoms with Gasteiger partial charge in [0, 0.05) is 25.3 Å². The number of aromatic nitrogens is 2. The molecule has 35 heavy (non-hydrogen) atoms. The Kier molecular flexibility index (Phi) is 7.88. The van der Waals surface area contributed by atoms with Crippen molar-refractivity contribution < 1.29 is 13.2 Å². The van der Waals surface area contributed by atoms with E-state index in [2.05, 4.69) is 20.6 Å². The van der Waals surface area contributed by atoms with Gasteiger partial charge in [0.2, 0.25) is 5.95 Å². The second-order valence-electron chi connectivity index (χ2n) is 7.80. The summed E-state index contributed by atoms with van der Waals surface area (Å²) in [5.41, 5.74) is 1.15. The summed E-state index contributed by atoms with van der Waals surface area (Å²) in [5.74, 6) is -0.196. The SMILES string of the molecule is CCN(N1CCCC1)S(=O)(=O)c1ccc(Nc2ncc(NC(=O)c3c(Cl)cccc3Cl)cn2)cc1. The lowest BCUT2D eigenvalue weighted by molar-refractivity contribution is 0.0952. The van der Waals surface area contributed by atoms with Crippen molar-refractivity contribution in [2.45, 2.75) is 24.7 Å². The number of carbonyl (C=O) groups excluding carboxylic acids is 1. The maximum absolute atomic E-state index is 13.1. The molecule has 1 saturated heterocycles. The number of hydrogen-bond donors (Lipinski definition) is 2. The predicted molar refractivity (Wildman–Crippen MR) is 137 cm³/mol. The van der Waals surface area contributed by atoms with E-state index in [0.29, 0.717) is 17.9 Å². The maximum atomic E-state index is 13.1. The highest BCUT2D eigenvalue weighted by molar-refractivity contribution is 7.89. The van der Waals surface area contributed by atoms with Crippen molar-refractivity contribution >= 4 is 56.5 Å². The maximum Gasteiger partial charge on any atom is 0.258 e. The standard InChI is InChI=1S/C23H24Cl2N6O3S/c1-2-31(30-12-3-4-13-30)35(33,34)18-10-8-16(9-11-18)29-23-26-14-17(15-27-23)28-22(32)21-19(24)6-5-7-20(21)25/h5-11,14-15H,2-4,12-13H2,1H3,(H,28,32)(H,26,27,29). The summed E-state index contributed by atoms with van der Waals surface area (Å²) in [7, 11) is -3.63. The Balaban J connectivity index is 1.41. The van der Waals surface area contributed by atoms with E-state index < -0.39 is 15.9 Å². The topological polar surface area (TPSA) is 108 Å². The van der Waals surface area contributed by atoms with E-state index in [1.807, 2.05) is 11.9 Å². The number of nitrogens with zero attached hydrogens (tertiary/aromatic N) is 4. The molecule has 2 N–H and O–H groups in total. The Morgan fingerprint density at radius 2 is 1.60 bits per heavy atom. The summed E-state index contributed by atoms with van der Waals surface area (Å²) in [6.07, 6.45) is 4.86. The second-order valence-corrected chi connectivity index (χ2v) is 10.5. The van der Waals surface area contributed by atoms with Gasteiger partial charge in [-0.15, -0.1) is 4.41 Å². The molecule has 1 amide bonds. The van der Waals surface area contributed by atoms with E-state index in [-0.39, 0.29) is 26.5 Å². The van der Waals surface area contributed by atoms with Crippen LogP contribution < -0.4 is 10.6 Å². The monoisotopic (exact) mass is 534 g/mol. The first-order valence-corrected chi connectivity index (χ1v) is 13.2. The molecule has 9 nitrogen and oxygen atoms in total. The lowest BCUT2D eigenvalue weighted by Gasteiger charge is -2.29. The Labute approximate surface area is 214 Å². The van der Waals surface area contributed by atoms with Gasteiger partial charge in [0.1, 0.15) is 0 Å². The first-order valence-electron chi connectivity index (χ1n) is 11.0. The van der Waals surface area contributed by atoms with Crippen LogP contribution in [0.15, 0.2) is 59.8 Å². The average molecular weight is 535 g/mol. The number of anilines is 3. The van der Waals surface area contributed by atoms with Gasteiger partial charge in [0.25, 0.3) is 15.9 Å². The molecule has 4 rings (SSSR count). The number of benzene rings is 2. The third kappa shape index (κ3) is 5.74. The number of hydrogen-bond acceptors (Lipinski definition) is 7. The molecule has 3 aromatic rings. The summed E-state index contributed by atoms with van der Waals surface area (Å²) in [6, 6.07) is 11.2. The van der Waals surface area contributed by atoms with E-state index in [4.69, 9.17) is 23.2 Å². The highest BCUT2D eigenvalue weighted by Crippen LogP contribution is 2.26. The van der Waals surface area contributed by atoms with Crippen LogP contribution >= 0.6 is 23.2 Å². The number of rotatable bonds is 8. The second kappa shape index (κ2) is 10.9. The minimum Gasteiger partial charge on any atom is -0.324 e. The number of hydrazine groups is 1. The van der Waals surface area contributed by atoms with E-state index in [1.54, 1.807) is 42.5 Å². The zero-order chi connectivity index (χ0) is 25.0. The minimum absolute atomic E-state index is 0.166. The minimum atomic E-state index is -3.63. The highest BCUT2D eigenvalue weighted by atomic mass is 35.5. The smallest absolute Gasteiger partial charge is 0.258 e. The molecule has 0 atom stereocenters. The number of carbonyl (C=O) groups is 1. The molecule has 0 radical (unpaired) electrons. The van der Waals surface area contributed by atoms with Gasteiger partial charge < -0.3 is 10.6 Å². The number of amides is 1. The number of halogens is 2. The number of nitrogens with one attached hydrogen (secondary N) is 2. The molecular formula is C23H24Cl2N6O3S. The zero-order valence-corrected chi connectivity index (χ0v) is 21.2. The van der Waals surface area contributed by atoms with E-state index in [9.17, 15) is 13.2 Å². The Bertz CT molecular complexity index is 1280. The van der Waals surface area contributed by atoms with Gasteiger partial charge in [0.05, 0.1) is 38.6 Å². The quantitative estimate of drug-likeness (QED) is 0.427. The van der Waals surface area contributed by atoms with Crippen LogP contribution in [0, 0.1) is 0 Å². The Morgan fingerprint density at radius 1 is 1.00 bits per heavy atom. The van der Waals surface area contributed by atoms with Crippen LogP contribution in [0.4, 0.5) is 17.3 Å². The van der Waals surface area contributed by atoms with Gasteiger partial charge in [-0.1, -0.05) is 29.3 Å². The molecule has 2 aromatic carbocycles. The lowest BCUT2D eigenvalue weighted by atomic mass is 10.2. The van der Waals surface area contributed by atoms with Crippen LogP contribution in [-0.2, 0) is 10.0 Å². The summed E-state index contributed by atoms with van der Waals surface area (Å²) >= 11 is 12.1. The van der Waals surface area contributed by atoms with Crippen molar-refractivity contribution in [3.05, 3.63) is 70.5 Å². The molecule has 0 saturated carbocycles. The van der Waals surface area contributed by atoms with E-state index in [1.165, 1.54) is 16.8 Å². The summed E-state index contributed by atoms with van der Waals surface area (Å²) < 4.78 is 27.6. The van der Waals surface area contributed by atoms with Crippen LogP contribution in [0.5, 0.6) is 0 Å². The van der Waals surface area contributed by atoms with Gasteiger partial charge in [-0.25, -0.2) is 23.4 Å². The van der Waals surface area contributed by atoms with Crippen LogP contribution in [0.25, 0.3) is 0 Å². The van der Waals surface area contributed by atoms with Crippen molar-refractivity contribution in [1.29, 1.82) is 0 Å². The molecule has 1 aliphatic rings. The Morgan fingerprint density at radius 3 is 2.17 bits per heavy atom. The van der Waals surface area contributed by atoms with Gasteiger partial charge in [-0.05, 0) is 56.2 Å². The van der Waals surface area contributed by atoms with Crippen LogP contribution in [0.2, 0.25) is 10.0 Å². The fourth-order valence-electron chi connectivity index (χ4n) is 3.77. The van der Waals surface area contributed by atoms with Crippen molar-refractivity contribution in [3.63, 3.8) is 0 Å². The molecular weight excluding hydrogens is 511 g/mol. The normalized spacial score (nSPS) is 14.3. The Hall–Kier alpha value is -2.76. The third-order valence-corrected chi connectivity index (χ3v) is 8.00. The van der Waals surface area contributed by atoms with E-state index >= 15 is 0 Å². The van der Waals surface area contributed by atoms with Crippen LogP contribution in [0.1, 0.15) is 30.1 Å². The van der Waals surface area contributed by atoms with E-state index in [0.717, 1.165) is 25.9 Å². The largest absolute Gasteiger partial charge is 0.324 e. The highest BCUT2D eigenvalue weighted by Gasteiger charge is 2.30. The molecule has 0 unspecified atom stereocenters. The predicted octanol–water partition coefficient (Wildman–Crippen LogP) is 4.80. The van der Waals surface area contributed by atoms with Crippen LogP contribution in [0.3, 0.4) is 0 Å². The molecule has 184 valence electrons. The van der Waals surface area contributed by atoms with Gasteiger partial charge in [0.15, 0.2) is 0 Å². The molecule has 2 heterocycles. The van der Waals surface area contributed by atoms with Crippen molar-refractivity contribution in [1.82, 2.24) is 19.4 Å². The first-order chi connectivity index (χ1) is 16.8. The molecule has 1 aliphatic heterocycles. The molecule has 1 aromatic heterocycles. The lowest BCUT2D eigenvalue weighted by Crippen LogP contribution is -2.44. The van der Waals surface area contributed by atoms with Crippen LogP contribution in [-0.4, -0.2) is 53.4 Å². The fourth-order valence-corrected chi connectivity index (χ4v) is 5.87. The van der Waals surface area contributed by atoms with Gasteiger partial charge in [-0.2, -0.15) is 0 Å². The van der Waals surface area contributed by atoms with Crippen molar-refractivity contribution in [3.8, 4) is 0 Å². The number of sulfonamides is 1. The molecule has 0 aliphatic carbocycles. The van der Waals surface area contributed by atoms with Crippen molar-refractivity contribution in [2.75, 3.05) is 30.3 Å². The molecule has 1 fully saturated rings. The summed E-state index contributed by atoms with van der Waals surface area (Å²) in [5, 5.41) is 8.03. The van der Waals surface area contributed by atoms with Gasteiger partial charge in [-0.3, -0.25) is 4.79 Å².